The van der Waals surface area contributed by atoms with Crippen molar-refractivity contribution in [2.24, 2.45) is 0 Å². The van der Waals surface area contributed by atoms with Crippen molar-refractivity contribution in [1.82, 2.24) is 15.0 Å². The number of furan rings is 1. The van der Waals surface area contributed by atoms with Crippen molar-refractivity contribution in [1.29, 1.82) is 0 Å². The average Bonchev–Trinajstić information content (AvgIpc) is 3.61. The molecule has 0 saturated carbocycles. The van der Waals surface area contributed by atoms with Crippen LogP contribution in [0.15, 0.2) is 174 Å². The van der Waals surface area contributed by atoms with Crippen molar-refractivity contribution < 1.29 is 4.42 Å². The molecule has 1 aliphatic carbocycles. The van der Waals surface area contributed by atoms with E-state index in [1.54, 1.807) is 0 Å². The summed E-state index contributed by atoms with van der Waals surface area (Å²) in [6.45, 7) is 0. The molecule has 0 bridgehead atoms. The molecule has 0 spiro atoms. The van der Waals surface area contributed by atoms with Crippen LogP contribution in [0.1, 0.15) is 35.1 Å². The molecule has 0 radical (unpaired) electrons. The number of fused-ring (bicyclic) bond motifs is 6. The first kappa shape index (κ1) is 29.3. The summed E-state index contributed by atoms with van der Waals surface area (Å²) in [4.78, 5) is 15.3. The molecule has 0 saturated heterocycles. The van der Waals surface area contributed by atoms with Gasteiger partial charge < -0.3 is 4.42 Å². The Morgan fingerprint density at radius 3 is 1.71 bits per heavy atom. The van der Waals surface area contributed by atoms with Crippen molar-refractivity contribution in [3.63, 3.8) is 0 Å². The second-order valence-electron chi connectivity index (χ2n) is 13.1. The van der Waals surface area contributed by atoms with E-state index in [9.17, 15) is 0 Å². The van der Waals surface area contributed by atoms with Crippen LogP contribution in [-0.4, -0.2) is 15.0 Å². The lowest BCUT2D eigenvalue weighted by atomic mass is 9.80. The Hall–Kier alpha value is -6.65. The summed E-state index contributed by atoms with van der Waals surface area (Å²) in [5.41, 5.74) is 8.48. The van der Waals surface area contributed by atoms with Crippen molar-refractivity contribution in [3.8, 4) is 33.9 Å². The van der Waals surface area contributed by atoms with Gasteiger partial charge in [-0.2, -0.15) is 0 Å². The fraction of sp³-hybridized carbons (Fsp3) is 0.0426. The number of nitrogens with zero attached hydrogens (tertiary/aromatic N) is 3. The Labute approximate surface area is 295 Å². The highest BCUT2D eigenvalue weighted by Crippen LogP contribution is 2.49. The molecule has 51 heavy (non-hydrogen) atoms. The highest BCUT2D eigenvalue weighted by Gasteiger charge is 2.33. The van der Waals surface area contributed by atoms with E-state index in [0.717, 1.165) is 56.2 Å². The zero-order chi connectivity index (χ0) is 33.7. The molecule has 1 atom stereocenters. The Morgan fingerprint density at radius 2 is 1.02 bits per heavy atom. The van der Waals surface area contributed by atoms with Gasteiger partial charge in [0.25, 0.3) is 0 Å². The molecule has 10 rings (SSSR count). The number of aromatic nitrogens is 3. The minimum atomic E-state index is -0.00587. The van der Waals surface area contributed by atoms with Gasteiger partial charge in [-0.25, -0.2) is 15.0 Å². The SMILES string of the molecule is C1=C(c2nc(-c3ccccc3)nc(-c3ccccc3)n2)c2c(oc3c2ccc2ccccc23)C(c2ccc(-c3ccccc3)c3ccccc23)C1. The number of hydrogen-bond donors (Lipinski definition) is 0. The lowest BCUT2D eigenvalue weighted by Gasteiger charge is -2.24. The first-order valence-corrected chi connectivity index (χ1v) is 17.4. The Balaban J connectivity index is 1.22. The fourth-order valence-corrected chi connectivity index (χ4v) is 7.71. The minimum absolute atomic E-state index is 0.00587. The third-order valence-corrected chi connectivity index (χ3v) is 10.1. The summed E-state index contributed by atoms with van der Waals surface area (Å²) in [5, 5.41) is 5.77. The van der Waals surface area contributed by atoms with E-state index in [1.165, 1.54) is 27.5 Å². The zero-order valence-electron chi connectivity index (χ0n) is 27.7. The van der Waals surface area contributed by atoms with Crippen LogP contribution in [0.5, 0.6) is 0 Å². The summed E-state index contributed by atoms with van der Waals surface area (Å²) in [5.74, 6) is 2.87. The van der Waals surface area contributed by atoms with Crippen LogP contribution in [0.3, 0.4) is 0 Å². The third-order valence-electron chi connectivity index (χ3n) is 10.1. The Kier molecular flexibility index (Phi) is 6.91. The van der Waals surface area contributed by atoms with Crippen LogP contribution in [0.2, 0.25) is 0 Å². The van der Waals surface area contributed by atoms with E-state index in [1.807, 2.05) is 60.7 Å². The van der Waals surface area contributed by atoms with E-state index in [-0.39, 0.29) is 5.92 Å². The van der Waals surface area contributed by atoms with Gasteiger partial charge in [0, 0.05) is 39.0 Å². The molecule has 4 heteroatoms. The van der Waals surface area contributed by atoms with Gasteiger partial charge in [-0.1, -0.05) is 164 Å². The van der Waals surface area contributed by atoms with Gasteiger partial charge in [0.1, 0.15) is 11.3 Å². The quantitative estimate of drug-likeness (QED) is 0.185. The standard InChI is InChI=1S/C47H31N3O/c1-4-14-30(15-5-1)34-26-27-38(37-23-13-12-22-36(34)37)39-28-29-41(42-40-25-24-31-16-10-11-21-35(31)43(40)51-44(39)42)47-49-45(32-17-6-2-7-18-32)48-46(50-47)33-19-8-3-9-20-33/h1-27,29,39H,28H2. The highest BCUT2D eigenvalue weighted by atomic mass is 16.3. The van der Waals surface area contributed by atoms with E-state index in [4.69, 9.17) is 19.4 Å². The van der Waals surface area contributed by atoms with Gasteiger partial charge in [0.05, 0.1) is 0 Å². The van der Waals surface area contributed by atoms with Gasteiger partial charge in [0.2, 0.25) is 0 Å². The predicted molar refractivity (Wildman–Crippen MR) is 207 cm³/mol. The monoisotopic (exact) mass is 653 g/mol. The Morgan fingerprint density at radius 1 is 0.451 bits per heavy atom. The van der Waals surface area contributed by atoms with Crippen molar-refractivity contribution in [2.45, 2.75) is 12.3 Å². The van der Waals surface area contributed by atoms with Crippen LogP contribution in [0, 0.1) is 0 Å². The fourth-order valence-electron chi connectivity index (χ4n) is 7.71. The normalized spacial score (nSPS) is 14.1. The van der Waals surface area contributed by atoms with Crippen molar-refractivity contribution >= 4 is 38.1 Å². The van der Waals surface area contributed by atoms with E-state index >= 15 is 0 Å². The summed E-state index contributed by atoms with van der Waals surface area (Å²) in [7, 11) is 0. The average molecular weight is 654 g/mol. The molecular weight excluding hydrogens is 623 g/mol. The number of hydrogen-bond acceptors (Lipinski definition) is 4. The van der Waals surface area contributed by atoms with Gasteiger partial charge in [-0.05, 0) is 45.3 Å². The van der Waals surface area contributed by atoms with Gasteiger partial charge in [-0.15, -0.1) is 0 Å². The smallest absolute Gasteiger partial charge is 0.164 e. The lowest BCUT2D eigenvalue weighted by molar-refractivity contribution is 0.519. The molecule has 2 heterocycles. The molecule has 0 fully saturated rings. The van der Waals surface area contributed by atoms with Crippen molar-refractivity contribution in [3.05, 3.63) is 193 Å². The second kappa shape index (κ2) is 12.0. The van der Waals surface area contributed by atoms with E-state index in [0.29, 0.717) is 17.5 Å². The zero-order valence-corrected chi connectivity index (χ0v) is 27.7. The molecule has 240 valence electrons. The molecule has 1 aliphatic rings. The van der Waals surface area contributed by atoms with Crippen LogP contribution >= 0.6 is 0 Å². The Bertz CT molecular complexity index is 2710. The molecule has 1 unspecified atom stereocenters. The molecule has 4 nitrogen and oxygen atoms in total. The van der Waals surface area contributed by atoms with Crippen molar-refractivity contribution in [2.75, 3.05) is 0 Å². The topological polar surface area (TPSA) is 51.8 Å². The third kappa shape index (κ3) is 4.95. The molecule has 0 aliphatic heterocycles. The van der Waals surface area contributed by atoms with Gasteiger partial charge >= 0.3 is 0 Å². The number of allylic oxidation sites excluding steroid dienone is 1. The van der Waals surface area contributed by atoms with Gasteiger partial charge in [-0.3, -0.25) is 0 Å². The lowest BCUT2D eigenvalue weighted by Crippen LogP contribution is -2.11. The van der Waals surface area contributed by atoms with E-state index < -0.39 is 0 Å². The van der Waals surface area contributed by atoms with Crippen LogP contribution in [0.25, 0.3) is 72.0 Å². The van der Waals surface area contributed by atoms with E-state index in [2.05, 4.69) is 109 Å². The first-order valence-electron chi connectivity index (χ1n) is 17.4. The molecule has 2 aromatic heterocycles. The minimum Gasteiger partial charge on any atom is -0.459 e. The number of benzene rings is 7. The predicted octanol–water partition coefficient (Wildman–Crippen LogP) is 11.9. The second-order valence-corrected chi connectivity index (χ2v) is 13.1. The highest BCUT2D eigenvalue weighted by molar-refractivity contribution is 6.10. The van der Waals surface area contributed by atoms with Crippen LogP contribution < -0.4 is 0 Å². The maximum absolute atomic E-state index is 7.10. The van der Waals surface area contributed by atoms with Gasteiger partial charge in [0.15, 0.2) is 17.5 Å². The molecule has 7 aromatic carbocycles. The molecule has 0 amide bonds. The molecule has 9 aromatic rings. The maximum atomic E-state index is 7.10. The molecular formula is C47H31N3O. The molecule has 0 N–H and O–H groups in total. The summed E-state index contributed by atoms with van der Waals surface area (Å²) in [6.07, 6.45) is 3.05. The summed E-state index contributed by atoms with van der Waals surface area (Å²) in [6, 6.07) is 57.1. The largest absolute Gasteiger partial charge is 0.459 e. The number of rotatable bonds is 5. The summed E-state index contributed by atoms with van der Waals surface area (Å²) < 4.78 is 7.10. The maximum Gasteiger partial charge on any atom is 0.164 e. The van der Waals surface area contributed by atoms with Crippen LogP contribution in [0.4, 0.5) is 0 Å². The van der Waals surface area contributed by atoms with Crippen LogP contribution in [-0.2, 0) is 0 Å². The first-order chi connectivity index (χ1) is 25.3. The summed E-state index contributed by atoms with van der Waals surface area (Å²) >= 11 is 0.